The zero-order valence-electron chi connectivity index (χ0n) is 13.7. The maximum absolute atomic E-state index is 13.0. The number of halogens is 1. The maximum atomic E-state index is 13.0. The highest BCUT2D eigenvalue weighted by Crippen LogP contribution is 2.31. The number of hydrogen-bond donors (Lipinski definition) is 0. The number of rotatable bonds is 3. The Balaban J connectivity index is 1.94. The van der Waals surface area contributed by atoms with Crippen molar-refractivity contribution in [3.63, 3.8) is 0 Å². The van der Waals surface area contributed by atoms with Crippen LogP contribution >= 0.6 is 23.4 Å². The van der Waals surface area contributed by atoms with E-state index in [1.54, 1.807) is 35.7 Å². The minimum atomic E-state index is -0.102. The molecule has 1 aromatic heterocycles. The first kappa shape index (κ1) is 17.0. The summed E-state index contributed by atoms with van der Waals surface area (Å²) in [6.45, 7) is 6.42. The van der Waals surface area contributed by atoms with Gasteiger partial charge in [-0.05, 0) is 37.6 Å². The summed E-state index contributed by atoms with van der Waals surface area (Å²) >= 11 is 7.50. The minimum absolute atomic E-state index is 0.102. The van der Waals surface area contributed by atoms with Crippen molar-refractivity contribution in [1.82, 2.24) is 10.1 Å². The van der Waals surface area contributed by atoms with E-state index >= 15 is 0 Å². The Kier molecular flexibility index (Phi) is 4.96. The number of aromatic nitrogens is 1. The summed E-state index contributed by atoms with van der Waals surface area (Å²) in [6, 6.07) is 7.25. The third-order valence-electron chi connectivity index (χ3n) is 3.76. The fraction of sp³-hybridized carbons (Fsp3) is 0.353. The summed E-state index contributed by atoms with van der Waals surface area (Å²) in [5.41, 5.74) is 2.01. The van der Waals surface area contributed by atoms with Crippen LogP contribution in [0.5, 0.6) is 0 Å². The van der Waals surface area contributed by atoms with Gasteiger partial charge >= 0.3 is 0 Å². The predicted molar refractivity (Wildman–Crippen MR) is 97.3 cm³/mol. The van der Waals surface area contributed by atoms with E-state index in [2.05, 4.69) is 17.1 Å². The molecule has 1 amide bonds. The van der Waals surface area contributed by atoms with Gasteiger partial charge in [-0.25, -0.2) is 4.99 Å². The van der Waals surface area contributed by atoms with Crippen molar-refractivity contribution in [2.45, 2.75) is 32.4 Å². The molecular weight excluding hydrogens is 346 g/mol. The molecule has 0 radical (unpaired) electrons. The highest BCUT2D eigenvalue weighted by atomic mass is 35.5. The molecule has 1 saturated heterocycles. The molecule has 126 valence electrons. The molecule has 5 nitrogen and oxygen atoms in total. The largest absolute Gasteiger partial charge is 0.361 e. The van der Waals surface area contributed by atoms with Gasteiger partial charge in [0.2, 0.25) is 0 Å². The molecule has 0 bridgehead atoms. The Hall–Kier alpha value is -1.79. The normalized spacial score (nSPS) is 19.2. The smallest absolute Gasteiger partial charge is 0.265 e. The van der Waals surface area contributed by atoms with Crippen LogP contribution in [-0.2, 0) is 6.42 Å². The topological polar surface area (TPSA) is 58.7 Å². The second kappa shape index (κ2) is 6.99. The van der Waals surface area contributed by atoms with Crippen LogP contribution in [0.3, 0.4) is 0 Å². The lowest BCUT2D eigenvalue weighted by Crippen LogP contribution is -2.33. The van der Waals surface area contributed by atoms with Crippen LogP contribution < -0.4 is 0 Å². The Morgan fingerprint density at radius 1 is 1.46 bits per heavy atom. The highest BCUT2D eigenvalue weighted by Gasteiger charge is 2.34. The molecule has 0 N–H and O–H groups in total. The molecule has 0 spiro atoms. The van der Waals surface area contributed by atoms with E-state index in [1.165, 1.54) is 0 Å². The second-order valence-electron chi connectivity index (χ2n) is 5.63. The first-order valence-electron chi connectivity index (χ1n) is 7.77. The van der Waals surface area contributed by atoms with Gasteiger partial charge in [-0.1, -0.05) is 42.4 Å². The molecule has 3 rings (SSSR count). The average Bonchev–Trinajstić information content (AvgIpc) is 3.11. The van der Waals surface area contributed by atoms with Crippen LogP contribution in [0.25, 0.3) is 0 Å². The van der Waals surface area contributed by atoms with Gasteiger partial charge in [0.05, 0.1) is 11.4 Å². The van der Waals surface area contributed by atoms with E-state index in [9.17, 15) is 4.79 Å². The van der Waals surface area contributed by atoms with Crippen molar-refractivity contribution >= 4 is 40.1 Å². The molecule has 0 saturated carbocycles. The number of aliphatic imine (C=N–C) groups is 1. The van der Waals surface area contributed by atoms with Gasteiger partial charge in [-0.3, -0.25) is 9.69 Å². The zero-order valence-corrected chi connectivity index (χ0v) is 15.3. The summed E-state index contributed by atoms with van der Waals surface area (Å²) in [7, 11) is 0. The predicted octanol–water partition coefficient (Wildman–Crippen LogP) is 4.46. The molecule has 1 atom stereocenters. The molecule has 0 unspecified atom stereocenters. The van der Waals surface area contributed by atoms with Crippen molar-refractivity contribution in [3.05, 3.63) is 46.3 Å². The summed E-state index contributed by atoms with van der Waals surface area (Å²) in [5.74, 6) is 0.447. The van der Waals surface area contributed by atoms with Crippen LogP contribution in [-0.4, -0.2) is 32.9 Å². The van der Waals surface area contributed by atoms with E-state index in [0.29, 0.717) is 40.2 Å². The van der Waals surface area contributed by atoms with Gasteiger partial charge in [0.25, 0.3) is 5.91 Å². The summed E-state index contributed by atoms with van der Waals surface area (Å²) < 4.78 is 5.20. The fourth-order valence-electron chi connectivity index (χ4n) is 2.57. The Bertz CT molecular complexity index is 786. The lowest BCUT2D eigenvalue weighted by atomic mass is 10.1. The molecular formula is C17H18ClN3O2S. The van der Waals surface area contributed by atoms with Crippen LogP contribution in [0.15, 0.2) is 33.8 Å². The number of amidine groups is 1. The Labute approximate surface area is 150 Å². The zero-order chi connectivity index (χ0) is 17.3. The lowest BCUT2D eigenvalue weighted by Gasteiger charge is -2.16. The lowest BCUT2D eigenvalue weighted by molar-refractivity contribution is 0.0853. The van der Waals surface area contributed by atoms with Gasteiger partial charge in [-0.2, -0.15) is 0 Å². The molecule has 2 heterocycles. The first-order chi connectivity index (χ1) is 11.5. The summed E-state index contributed by atoms with van der Waals surface area (Å²) in [4.78, 5) is 19.4. The Morgan fingerprint density at radius 3 is 2.83 bits per heavy atom. The van der Waals surface area contributed by atoms with Gasteiger partial charge in [-0.15, -0.1) is 0 Å². The number of aryl methyl sites for hydroxylation is 2. The fourth-order valence-corrected chi connectivity index (χ4v) is 3.72. The summed E-state index contributed by atoms with van der Waals surface area (Å²) in [5, 5.41) is 5.61. The molecule has 24 heavy (non-hydrogen) atoms. The molecule has 1 fully saturated rings. The first-order valence-corrected chi connectivity index (χ1v) is 9.03. The summed E-state index contributed by atoms with van der Waals surface area (Å²) in [6.07, 6.45) is 0.651. The SMILES string of the molecule is CCc1noc(C)c1C(=O)N1C[C@@H](C)SC1=Nc1ccc(Cl)cc1. The maximum Gasteiger partial charge on any atom is 0.265 e. The number of thioether (sulfide) groups is 1. The quantitative estimate of drug-likeness (QED) is 0.807. The van der Waals surface area contributed by atoms with E-state index < -0.39 is 0 Å². The van der Waals surface area contributed by atoms with Gasteiger partial charge in [0, 0.05) is 16.8 Å². The molecule has 1 aliphatic heterocycles. The number of hydrogen-bond acceptors (Lipinski definition) is 5. The van der Waals surface area contributed by atoms with Crippen molar-refractivity contribution < 1.29 is 9.32 Å². The number of amides is 1. The second-order valence-corrected chi connectivity index (χ2v) is 7.47. The van der Waals surface area contributed by atoms with Crippen molar-refractivity contribution in [2.75, 3.05) is 6.54 Å². The molecule has 1 aromatic carbocycles. The monoisotopic (exact) mass is 363 g/mol. The van der Waals surface area contributed by atoms with Crippen molar-refractivity contribution in [3.8, 4) is 0 Å². The number of benzene rings is 1. The van der Waals surface area contributed by atoms with E-state index in [4.69, 9.17) is 16.1 Å². The molecule has 0 aliphatic carbocycles. The highest BCUT2D eigenvalue weighted by molar-refractivity contribution is 8.14. The molecule has 2 aromatic rings. The van der Waals surface area contributed by atoms with E-state index in [0.717, 1.165) is 5.69 Å². The van der Waals surface area contributed by atoms with Crippen LogP contribution in [0.2, 0.25) is 5.02 Å². The van der Waals surface area contributed by atoms with Crippen LogP contribution in [0.4, 0.5) is 5.69 Å². The van der Waals surface area contributed by atoms with Gasteiger partial charge in [0.15, 0.2) is 5.17 Å². The van der Waals surface area contributed by atoms with E-state index in [-0.39, 0.29) is 11.2 Å². The number of carbonyl (C=O) groups excluding carboxylic acids is 1. The number of carbonyl (C=O) groups is 1. The van der Waals surface area contributed by atoms with Crippen LogP contribution in [0, 0.1) is 6.92 Å². The standard InChI is InChI=1S/C17H18ClN3O2S/c1-4-14-15(11(3)23-20-14)16(22)21-9-10(2)24-17(21)19-13-7-5-12(18)6-8-13/h5-8,10H,4,9H2,1-3H3/t10-/m1/s1. The number of nitrogens with zero attached hydrogens (tertiary/aromatic N) is 3. The van der Waals surface area contributed by atoms with Gasteiger partial charge in [0.1, 0.15) is 11.3 Å². The Morgan fingerprint density at radius 2 is 2.17 bits per heavy atom. The van der Waals surface area contributed by atoms with Gasteiger partial charge < -0.3 is 4.52 Å². The minimum Gasteiger partial charge on any atom is -0.361 e. The van der Waals surface area contributed by atoms with Crippen LogP contribution in [0.1, 0.15) is 35.7 Å². The van der Waals surface area contributed by atoms with Crippen molar-refractivity contribution in [2.24, 2.45) is 4.99 Å². The molecule has 1 aliphatic rings. The average molecular weight is 364 g/mol. The third-order valence-corrected chi connectivity index (χ3v) is 5.08. The van der Waals surface area contributed by atoms with Crippen molar-refractivity contribution in [1.29, 1.82) is 0 Å². The third kappa shape index (κ3) is 3.35. The molecule has 7 heteroatoms. The van der Waals surface area contributed by atoms with E-state index in [1.807, 2.05) is 19.1 Å².